The van der Waals surface area contributed by atoms with Gasteiger partial charge in [-0.3, -0.25) is 0 Å². The van der Waals surface area contributed by atoms with Crippen molar-refractivity contribution in [3.8, 4) is 0 Å². The lowest BCUT2D eigenvalue weighted by molar-refractivity contribution is 0.180. The lowest BCUT2D eigenvalue weighted by Crippen LogP contribution is -1.98. The van der Waals surface area contributed by atoms with E-state index in [1.807, 2.05) is 22.2 Å². The summed E-state index contributed by atoms with van der Waals surface area (Å²) in [5.74, 6) is 0. The third-order valence-electron chi connectivity index (χ3n) is 1.94. The van der Waals surface area contributed by atoms with Crippen LogP contribution in [0.25, 0.3) is 0 Å². The summed E-state index contributed by atoms with van der Waals surface area (Å²) in [5.41, 5.74) is 1.01. The van der Waals surface area contributed by atoms with Crippen LogP contribution in [0.2, 0.25) is 0 Å². The number of hydrogen-bond donors (Lipinski definition) is 1. The molecule has 0 saturated heterocycles. The molecule has 2 aromatic heterocycles. The van der Waals surface area contributed by atoms with Crippen molar-refractivity contribution in [1.29, 1.82) is 0 Å². The molecule has 0 bridgehead atoms. The molecule has 0 amide bonds. The average Bonchev–Trinajstić information content (AvgIpc) is 2.75. The molecule has 1 nitrogen and oxygen atoms in total. The Bertz CT molecular complexity index is 394. The Kier molecular flexibility index (Phi) is 3.38. The van der Waals surface area contributed by atoms with Crippen LogP contribution in [-0.4, -0.2) is 5.11 Å². The van der Waals surface area contributed by atoms with Gasteiger partial charge in [-0.05, 0) is 44.4 Å². The molecule has 0 aliphatic heterocycles. The summed E-state index contributed by atoms with van der Waals surface area (Å²) in [6, 6.07) is 4.03. The zero-order chi connectivity index (χ0) is 9.97. The number of aliphatic hydroxyl groups excluding tert-OH is 1. The van der Waals surface area contributed by atoms with Gasteiger partial charge in [0.1, 0.15) is 0 Å². The average molecular weight is 289 g/mol. The zero-order valence-corrected chi connectivity index (χ0v) is 10.5. The smallest absolute Gasteiger partial charge is 0.0846 e. The fourth-order valence-electron chi connectivity index (χ4n) is 1.23. The van der Waals surface area contributed by atoms with Crippen LogP contribution in [-0.2, 0) is 6.42 Å². The van der Waals surface area contributed by atoms with E-state index in [2.05, 4.69) is 22.0 Å². The van der Waals surface area contributed by atoms with E-state index in [1.54, 1.807) is 22.7 Å². The predicted octanol–water partition coefficient (Wildman–Crippen LogP) is 3.85. The second-order valence-electron chi connectivity index (χ2n) is 3.01. The maximum Gasteiger partial charge on any atom is 0.0846 e. The van der Waals surface area contributed by atoms with E-state index in [4.69, 9.17) is 0 Å². The van der Waals surface area contributed by atoms with Gasteiger partial charge in [0.2, 0.25) is 0 Å². The first-order valence-electron chi connectivity index (χ1n) is 4.19. The van der Waals surface area contributed by atoms with Crippen molar-refractivity contribution in [2.45, 2.75) is 12.5 Å². The van der Waals surface area contributed by atoms with Gasteiger partial charge in [0.25, 0.3) is 0 Å². The van der Waals surface area contributed by atoms with E-state index in [-0.39, 0.29) is 6.10 Å². The van der Waals surface area contributed by atoms with Crippen LogP contribution in [0, 0.1) is 0 Å². The summed E-state index contributed by atoms with van der Waals surface area (Å²) in [6.07, 6.45) is 0.333. The molecule has 0 radical (unpaired) electrons. The Hall–Kier alpha value is -0.160. The Balaban J connectivity index is 2.05. The van der Waals surface area contributed by atoms with Crippen molar-refractivity contribution in [1.82, 2.24) is 0 Å². The summed E-state index contributed by atoms with van der Waals surface area (Å²) in [6.45, 7) is 0. The molecule has 0 fully saturated rings. The highest BCUT2D eigenvalue weighted by Gasteiger charge is 2.09. The van der Waals surface area contributed by atoms with Gasteiger partial charge in [-0.25, -0.2) is 0 Å². The number of hydrogen-bond acceptors (Lipinski definition) is 3. The third kappa shape index (κ3) is 2.45. The molecule has 1 N–H and O–H groups in total. The predicted molar refractivity (Wildman–Crippen MR) is 65.0 cm³/mol. The molecule has 0 aliphatic carbocycles. The standard InChI is InChI=1S/C10H9BrOS2/c11-8-3-9(14-6-8)4-10(12)7-1-2-13-5-7/h1-3,5-6,10,12H,4H2. The van der Waals surface area contributed by atoms with Gasteiger partial charge in [0, 0.05) is 21.2 Å². The number of thiophene rings is 2. The molecule has 1 atom stereocenters. The van der Waals surface area contributed by atoms with Crippen LogP contribution >= 0.6 is 38.6 Å². The first kappa shape index (κ1) is 10.4. The van der Waals surface area contributed by atoms with E-state index < -0.39 is 0 Å². The highest BCUT2D eigenvalue weighted by Crippen LogP contribution is 2.26. The molecule has 1 unspecified atom stereocenters. The van der Waals surface area contributed by atoms with Gasteiger partial charge < -0.3 is 5.11 Å². The monoisotopic (exact) mass is 288 g/mol. The topological polar surface area (TPSA) is 20.2 Å². The fourth-order valence-corrected chi connectivity index (χ4v) is 3.43. The van der Waals surface area contributed by atoms with Crippen molar-refractivity contribution < 1.29 is 5.11 Å². The summed E-state index contributed by atoms with van der Waals surface area (Å²) in [7, 11) is 0. The van der Waals surface area contributed by atoms with Gasteiger partial charge >= 0.3 is 0 Å². The molecular weight excluding hydrogens is 280 g/mol. The van der Waals surface area contributed by atoms with Crippen LogP contribution in [0.3, 0.4) is 0 Å². The van der Waals surface area contributed by atoms with Crippen LogP contribution < -0.4 is 0 Å². The molecule has 2 rings (SSSR count). The fraction of sp³-hybridized carbons (Fsp3) is 0.200. The number of halogens is 1. The minimum atomic E-state index is -0.369. The highest BCUT2D eigenvalue weighted by atomic mass is 79.9. The quantitative estimate of drug-likeness (QED) is 0.910. The van der Waals surface area contributed by atoms with Gasteiger partial charge in [-0.15, -0.1) is 11.3 Å². The van der Waals surface area contributed by atoms with E-state index in [0.717, 1.165) is 10.0 Å². The second kappa shape index (κ2) is 4.57. The molecule has 2 heterocycles. The second-order valence-corrected chi connectivity index (χ2v) is 5.70. The minimum absolute atomic E-state index is 0.369. The van der Waals surface area contributed by atoms with Crippen molar-refractivity contribution >= 4 is 38.6 Å². The van der Waals surface area contributed by atoms with E-state index >= 15 is 0 Å². The van der Waals surface area contributed by atoms with Gasteiger partial charge in [0.15, 0.2) is 0 Å². The van der Waals surface area contributed by atoms with Crippen LogP contribution in [0.15, 0.2) is 32.7 Å². The van der Waals surface area contributed by atoms with Gasteiger partial charge in [-0.1, -0.05) is 0 Å². The van der Waals surface area contributed by atoms with Crippen LogP contribution in [0.1, 0.15) is 16.5 Å². The van der Waals surface area contributed by atoms with Crippen LogP contribution in [0.5, 0.6) is 0 Å². The molecule has 0 aliphatic rings. The van der Waals surface area contributed by atoms with Crippen LogP contribution in [0.4, 0.5) is 0 Å². The summed E-state index contributed by atoms with van der Waals surface area (Å²) < 4.78 is 1.09. The molecule has 0 saturated carbocycles. The molecule has 14 heavy (non-hydrogen) atoms. The zero-order valence-electron chi connectivity index (χ0n) is 7.31. The van der Waals surface area contributed by atoms with E-state index in [0.29, 0.717) is 6.42 Å². The Morgan fingerprint density at radius 1 is 1.43 bits per heavy atom. The number of aliphatic hydroxyl groups is 1. The number of rotatable bonds is 3. The molecule has 0 aromatic carbocycles. The lowest BCUT2D eigenvalue weighted by atomic mass is 10.1. The minimum Gasteiger partial charge on any atom is -0.388 e. The molecule has 4 heteroatoms. The third-order valence-corrected chi connectivity index (χ3v) is 4.37. The summed E-state index contributed by atoms with van der Waals surface area (Å²) in [4.78, 5) is 1.20. The van der Waals surface area contributed by atoms with Gasteiger partial charge in [-0.2, -0.15) is 11.3 Å². The lowest BCUT2D eigenvalue weighted by Gasteiger charge is -2.06. The maximum atomic E-state index is 9.87. The van der Waals surface area contributed by atoms with Crippen molar-refractivity contribution in [3.63, 3.8) is 0 Å². The molecular formula is C10H9BrOS2. The Morgan fingerprint density at radius 2 is 2.29 bits per heavy atom. The van der Waals surface area contributed by atoms with Crippen molar-refractivity contribution in [3.05, 3.63) is 43.2 Å². The van der Waals surface area contributed by atoms with E-state index in [1.165, 1.54) is 4.88 Å². The summed E-state index contributed by atoms with van der Waals surface area (Å²) >= 11 is 6.69. The SMILES string of the molecule is OC(Cc1cc(Br)cs1)c1ccsc1. The Labute approximate surface area is 99.2 Å². The molecule has 0 spiro atoms. The largest absolute Gasteiger partial charge is 0.388 e. The normalized spacial score (nSPS) is 13.0. The summed E-state index contributed by atoms with van der Waals surface area (Å²) in [5, 5.41) is 15.9. The van der Waals surface area contributed by atoms with Crippen molar-refractivity contribution in [2.75, 3.05) is 0 Å². The first-order chi connectivity index (χ1) is 6.75. The highest BCUT2D eigenvalue weighted by molar-refractivity contribution is 9.10. The van der Waals surface area contributed by atoms with E-state index in [9.17, 15) is 5.11 Å². The van der Waals surface area contributed by atoms with Crippen molar-refractivity contribution in [2.24, 2.45) is 0 Å². The Morgan fingerprint density at radius 3 is 2.86 bits per heavy atom. The van der Waals surface area contributed by atoms with Gasteiger partial charge in [0.05, 0.1) is 6.10 Å². The molecule has 2 aromatic rings. The first-order valence-corrected chi connectivity index (χ1v) is 6.80. The maximum absolute atomic E-state index is 9.87. The molecule has 74 valence electrons.